The van der Waals surface area contributed by atoms with E-state index < -0.39 is 10.0 Å². The van der Waals surface area contributed by atoms with Crippen LogP contribution in [0.25, 0.3) is 0 Å². The highest BCUT2D eigenvalue weighted by Gasteiger charge is 2.22. The largest absolute Gasteiger partial charge is 0.490 e. The highest BCUT2D eigenvalue weighted by molar-refractivity contribution is 7.89. The van der Waals surface area contributed by atoms with Gasteiger partial charge in [0.05, 0.1) is 4.90 Å². The molecular weight excluding hydrogens is 376 g/mol. The first-order valence-electron chi connectivity index (χ1n) is 9.25. The van der Waals surface area contributed by atoms with E-state index in [-0.39, 0.29) is 11.0 Å². The third kappa shape index (κ3) is 5.46. The van der Waals surface area contributed by atoms with Gasteiger partial charge in [0.15, 0.2) is 5.96 Å². The number of para-hydroxylation sites is 1. The van der Waals surface area contributed by atoms with Crippen LogP contribution in [-0.2, 0) is 16.6 Å². The molecular formula is C20H26N4O3S. The minimum atomic E-state index is -3.66. The van der Waals surface area contributed by atoms with Crippen LogP contribution >= 0.6 is 0 Å². The number of piperidine rings is 1. The van der Waals surface area contributed by atoms with Crippen molar-refractivity contribution >= 4 is 16.0 Å². The van der Waals surface area contributed by atoms with E-state index in [1.807, 2.05) is 30.3 Å². The number of aliphatic imine (C=N–C) groups is 1. The van der Waals surface area contributed by atoms with E-state index in [4.69, 9.17) is 9.88 Å². The number of hydrogen-bond acceptors (Lipinski definition) is 4. The van der Waals surface area contributed by atoms with Crippen LogP contribution in [0.1, 0.15) is 18.4 Å². The van der Waals surface area contributed by atoms with Gasteiger partial charge in [-0.1, -0.05) is 30.3 Å². The van der Waals surface area contributed by atoms with Gasteiger partial charge in [0.25, 0.3) is 0 Å². The standard InChI is InChI=1S/C20H26N4O3S/c1-22-20(23-15-16-7-9-19(10-8-16)28(21,25)26)24-13-11-18(12-14-24)27-17-5-3-2-4-6-17/h2-10,18H,11-15H2,1H3,(H,22,23)(H2,21,25,26). The monoisotopic (exact) mass is 402 g/mol. The summed E-state index contributed by atoms with van der Waals surface area (Å²) in [5, 5.41) is 8.46. The number of guanidine groups is 1. The normalized spacial score (nSPS) is 16.1. The Hall–Kier alpha value is -2.58. The summed E-state index contributed by atoms with van der Waals surface area (Å²) >= 11 is 0. The fraction of sp³-hybridized carbons (Fsp3) is 0.350. The molecule has 0 saturated carbocycles. The van der Waals surface area contributed by atoms with E-state index in [0.29, 0.717) is 6.54 Å². The van der Waals surface area contributed by atoms with Gasteiger partial charge in [-0.3, -0.25) is 4.99 Å². The predicted molar refractivity (Wildman–Crippen MR) is 110 cm³/mol. The molecule has 0 amide bonds. The Morgan fingerprint density at radius 1 is 1.14 bits per heavy atom. The number of primary sulfonamides is 1. The van der Waals surface area contributed by atoms with Crippen molar-refractivity contribution in [3.05, 3.63) is 60.2 Å². The summed E-state index contributed by atoms with van der Waals surface area (Å²) in [5.41, 5.74) is 0.954. The minimum absolute atomic E-state index is 0.112. The molecule has 0 unspecified atom stereocenters. The lowest BCUT2D eigenvalue weighted by molar-refractivity contribution is 0.129. The molecule has 1 aliphatic heterocycles. The van der Waals surface area contributed by atoms with Crippen molar-refractivity contribution < 1.29 is 13.2 Å². The fourth-order valence-electron chi connectivity index (χ4n) is 3.19. The van der Waals surface area contributed by atoms with Crippen molar-refractivity contribution in [1.29, 1.82) is 0 Å². The van der Waals surface area contributed by atoms with Crippen molar-refractivity contribution in [2.75, 3.05) is 20.1 Å². The molecule has 2 aromatic rings. The lowest BCUT2D eigenvalue weighted by atomic mass is 10.1. The van der Waals surface area contributed by atoms with Crippen molar-refractivity contribution in [3.63, 3.8) is 0 Å². The number of rotatable bonds is 5. The highest BCUT2D eigenvalue weighted by Crippen LogP contribution is 2.18. The number of nitrogens with two attached hydrogens (primary N) is 1. The molecule has 0 radical (unpaired) electrons. The van der Waals surface area contributed by atoms with Crippen molar-refractivity contribution in [2.45, 2.75) is 30.4 Å². The third-order valence-corrected chi connectivity index (χ3v) is 5.63. The molecule has 150 valence electrons. The smallest absolute Gasteiger partial charge is 0.238 e. The van der Waals surface area contributed by atoms with Gasteiger partial charge >= 0.3 is 0 Å². The quantitative estimate of drug-likeness (QED) is 0.589. The maximum atomic E-state index is 11.3. The number of benzene rings is 2. The summed E-state index contributed by atoms with van der Waals surface area (Å²) in [7, 11) is -1.90. The van der Waals surface area contributed by atoms with Crippen LogP contribution in [0.2, 0.25) is 0 Å². The van der Waals surface area contributed by atoms with E-state index in [0.717, 1.165) is 43.2 Å². The van der Waals surface area contributed by atoms with E-state index in [1.54, 1.807) is 19.2 Å². The van der Waals surface area contributed by atoms with E-state index >= 15 is 0 Å². The number of likely N-dealkylation sites (tertiary alicyclic amines) is 1. The molecule has 0 bridgehead atoms. The molecule has 3 rings (SSSR count). The molecule has 0 atom stereocenters. The maximum absolute atomic E-state index is 11.3. The summed E-state index contributed by atoms with van der Waals surface area (Å²) in [4.78, 5) is 6.69. The molecule has 2 aromatic carbocycles. The first-order valence-corrected chi connectivity index (χ1v) is 10.8. The highest BCUT2D eigenvalue weighted by atomic mass is 32.2. The molecule has 0 spiro atoms. The molecule has 1 heterocycles. The van der Waals surface area contributed by atoms with Crippen molar-refractivity contribution in [3.8, 4) is 5.75 Å². The molecule has 1 saturated heterocycles. The van der Waals surface area contributed by atoms with Gasteiger partial charge < -0.3 is 15.0 Å². The zero-order valence-corrected chi connectivity index (χ0v) is 16.7. The molecule has 8 heteroatoms. The molecule has 0 aromatic heterocycles. The van der Waals surface area contributed by atoms with Crippen LogP contribution in [0.15, 0.2) is 64.5 Å². The molecule has 7 nitrogen and oxygen atoms in total. The predicted octanol–water partition coefficient (Wildman–Crippen LogP) is 1.95. The van der Waals surface area contributed by atoms with E-state index in [9.17, 15) is 8.42 Å². The van der Waals surface area contributed by atoms with E-state index in [2.05, 4.69) is 15.2 Å². The average molecular weight is 403 g/mol. The Morgan fingerprint density at radius 3 is 2.36 bits per heavy atom. The van der Waals surface area contributed by atoms with E-state index in [1.165, 1.54) is 12.1 Å². The van der Waals surface area contributed by atoms with Gasteiger partial charge in [-0.25, -0.2) is 13.6 Å². The molecule has 0 aliphatic carbocycles. The van der Waals surface area contributed by atoms with Gasteiger partial charge in [-0.2, -0.15) is 0 Å². The molecule has 28 heavy (non-hydrogen) atoms. The second-order valence-corrected chi connectivity index (χ2v) is 8.27. The third-order valence-electron chi connectivity index (χ3n) is 4.70. The van der Waals surface area contributed by atoms with Crippen LogP contribution in [0.3, 0.4) is 0 Å². The fourth-order valence-corrected chi connectivity index (χ4v) is 3.70. The maximum Gasteiger partial charge on any atom is 0.238 e. The summed E-state index contributed by atoms with van der Waals surface area (Å²) < 4.78 is 28.7. The number of nitrogens with one attached hydrogen (secondary N) is 1. The average Bonchev–Trinajstić information content (AvgIpc) is 2.70. The summed E-state index contributed by atoms with van der Waals surface area (Å²) in [6, 6.07) is 16.4. The van der Waals surface area contributed by atoms with Crippen LogP contribution in [-0.4, -0.2) is 45.5 Å². The number of nitrogens with zero attached hydrogens (tertiary/aromatic N) is 2. The summed E-state index contributed by atoms with van der Waals surface area (Å²) in [6.07, 6.45) is 2.07. The zero-order valence-electron chi connectivity index (χ0n) is 15.9. The first kappa shape index (κ1) is 20.2. The number of sulfonamides is 1. The Labute approximate surface area is 166 Å². The Morgan fingerprint density at radius 2 is 1.79 bits per heavy atom. The summed E-state index contributed by atoms with van der Waals surface area (Å²) in [5.74, 6) is 1.74. The lowest BCUT2D eigenvalue weighted by Crippen LogP contribution is -2.47. The summed E-state index contributed by atoms with van der Waals surface area (Å²) in [6.45, 7) is 2.28. The van der Waals surface area contributed by atoms with Crippen LogP contribution in [0.4, 0.5) is 0 Å². The minimum Gasteiger partial charge on any atom is -0.490 e. The SMILES string of the molecule is CN=C(NCc1ccc(S(N)(=O)=O)cc1)N1CCC(Oc2ccccc2)CC1. The van der Waals surface area contributed by atoms with Gasteiger partial charge in [0.2, 0.25) is 10.0 Å². The second kappa shape index (κ2) is 9.07. The van der Waals surface area contributed by atoms with Gasteiger partial charge in [0, 0.05) is 39.5 Å². The molecule has 1 aliphatic rings. The van der Waals surface area contributed by atoms with Crippen LogP contribution < -0.4 is 15.2 Å². The van der Waals surface area contributed by atoms with Crippen molar-refractivity contribution in [1.82, 2.24) is 10.2 Å². The van der Waals surface area contributed by atoms with Crippen molar-refractivity contribution in [2.24, 2.45) is 10.1 Å². The zero-order chi connectivity index (χ0) is 20.0. The number of ether oxygens (including phenoxy) is 1. The Balaban J connectivity index is 1.49. The molecule has 3 N–H and O–H groups in total. The first-order chi connectivity index (χ1) is 13.5. The molecule has 1 fully saturated rings. The van der Waals surface area contributed by atoms with Gasteiger partial charge in [-0.05, 0) is 29.8 Å². The Kier molecular flexibility index (Phi) is 6.53. The van der Waals surface area contributed by atoms with Crippen LogP contribution in [0.5, 0.6) is 5.75 Å². The van der Waals surface area contributed by atoms with Gasteiger partial charge in [0.1, 0.15) is 11.9 Å². The topological polar surface area (TPSA) is 97.0 Å². The second-order valence-electron chi connectivity index (χ2n) is 6.71. The van der Waals surface area contributed by atoms with Gasteiger partial charge in [-0.15, -0.1) is 0 Å². The Bertz CT molecular complexity index is 891. The van der Waals surface area contributed by atoms with Crippen LogP contribution in [0, 0.1) is 0 Å². The number of hydrogen-bond donors (Lipinski definition) is 2. The lowest BCUT2D eigenvalue weighted by Gasteiger charge is -2.34.